The van der Waals surface area contributed by atoms with Crippen LogP contribution in [0.4, 0.5) is 20.2 Å². The van der Waals surface area contributed by atoms with Crippen molar-refractivity contribution in [2.24, 2.45) is 11.8 Å². The van der Waals surface area contributed by atoms with Crippen LogP contribution in [0, 0.1) is 23.5 Å². The number of carbonyl (C=O) groups is 2. The normalized spacial score (nSPS) is 18.8. The van der Waals surface area contributed by atoms with Crippen LogP contribution < -0.4 is 10.6 Å². The number of halogens is 3. The van der Waals surface area contributed by atoms with E-state index in [4.69, 9.17) is 0 Å². The number of anilines is 2. The van der Waals surface area contributed by atoms with Gasteiger partial charge in [-0.1, -0.05) is 18.2 Å². The average Bonchev–Trinajstić information content (AvgIpc) is 3.34. The van der Waals surface area contributed by atoms with Crippen molar-refractivity contribution in [2.45, 2.75) is 6.42 Å². The summed E-state index contributed by atoms with van der Waals surface area (Å²) in [5, 5.41) is 4.95. The molecule has 1 aliphatic rings. The van der Waals surface area contributed by atoms with Crippen molar-refractivity contribution in [1.82, 2.24) is 0 Å². The Kier molecular flexibility index (Phi) is 4.62. The van der Waals surface area contributed by atoms with Crippen LogP contribution in [-0.2, 0) is 9.59 Å². The van der Waals surface area contributed by atoms with E-state index in [2.05, 4.69) is 26.6 Å². The largest absolute Gasteiger partial charge is 0.325 e. The van der Waals surface area contributed by atoms with Crippen LogP contribution in [0.1, 0.15) is 6.42 Å². The highest BCUT2D eigenvalue weighted by Crippen LogP contribution is 2.41. The van der Waals surface area contributed by atoms with Gasteiger partial charge in [0, 0.05) is 4.47 Å². The summed E-state index contributed by atoms with van der Waals surface area (Å²) < 4.78 is 27.8. The Labute approximate surface area is 145 Å². The highest BCUT2D eigenvalue weighted by molar-refractivity contribution is 9.10. The van der Waals surface area contributed by atoms with Crippen molar-refractivity contribution < 1.29 is 18.4 Å². The quantitative estimate of drug-likeness (QED) is 0.824. The number of hydrogen-bond donors (Lipinski definition) is 2. The lowest BCUT2D eigenvalue weighted by molar-refractivity contribution is -0.122. The fraction of sp³-hybridized carbons (Fsp3) is 0.176. The maximum atomic E-state index is 13.5. The summed E-state index contributed by atoms with van der Waals surface area (Å²) in [6.07, 6.45) is 0.345. The van der Waals surface area contributed by atoms with Crippen molar-refractivity contribution in [1.29, 1.82) is 0 Å². The molecule has 24 heavy (non-hydrogen) atoms. The molecule has 0 aliphatic heterocycles. The molecule has 7 heteroatoms. The van der Waals surface area contributed by atoms with Crippen molar-refractivity contribution in [3.8, 4) is 0 Å². The summed E-state index contributed by atoms with van der Waals surface area (Å²) in [6, 6.07) is 10.4. The third-order valence-electron chi connectivity index (χ3n) is 3.81. The first-order chi connectivity index (χ1) is 11.5. The Bertz CT molecular complexity index is 793. The number of hydrogen-bond acceptors (Lipinski definition) is 2. The van der Waals surface area contributed by atoms with Crippen LogP contribution in [0.2, 0.25) is 0 Å². The van der Waals surface area contributed by atoms with Gasteiger partial charge in [0.25, 0.3) is 0 Å². The van der Waals surface area contributed by atoms with E-state index in [-0.39, 0.29) is 5.91 Å². The molecule has 2 amide bonds. The maximum Gasteiger partial charge on any atom is 0.228 e. The standard InChI is InChI=1S/C17H13BrF2N2O2/c18-11-4-1-2-7-14(11)21-16(23)9-8-10(9)17(24)22-15-12(19)5-3-6-13(15)20/h1-7,9-10H,8H2,(H,21,23)(H,22,24). The second-order valence-corrected chi connectivity index (χ2v) is 6.36. The fourth-order valence-electron chi connectivity index (χ4n) is 2.40. The second-order valence-electron chi connectivity index (χ2n) is 5.50. The summed E-state index contributed by atoms with van der Waals surface area (Å²) >= 11 is 3.32. The average molecular weight is 395 g/mol. The molecule has 1 aliphatic carbocycles. The zero-order chi connectivity index (χ0) is 17.3. The molecule has 0 spiro atoms. The van der Waals surface area contributed by atoms with Crippen molar-refractivity contribution in [3.63, 3.8) is 0 Å². The third-order valence-corrected chi connectivity index (χ3v) is 4.50. The summed E-state index contributed by atoms with van der Waals surface area (Å²) in [6.45, 7) is 0. The third kappa shape index (κ3) is 3.46. The predicted molar refractivity (Wildman–Crippen MR) is 89.4 cm³/mol. The Morgan fingerprint density at radius 3 is 2.12 bits per heavy atom. The molecule has 0 bridgehead atoms. The van der Waals surface area contributed by atoms with E-state index in [0.717, 1.165) is 16.6 Å². The molecular formula is C17H13BrF2N2O2. The lowest BCUT2D eigenvalue weighted by atomic mass is 10.2. The maximum absolute atomic E-state index is 13.5. The number of carbonyl (C=O) groups excluding carboxylic acids is 2. The van der Waals surface area contributed by atoms with Crippen LogP contribution in [0.25, 0.3) is 0 Å². The molecule has 124 valence electrons. The molecule has 0 radical (unpaired) electrons. The number of benzene rings is 2. The second kappa shape index (κ2) is 6.68. The summed E-state index contributed by atoms with van der Waals surface area (Å²) in [5.74, 6) is -3.66. The summed E-state index contributed by atoms with van der Waals surface area (Å²) in [7, 11) is 0. The Balaban J connectivity index is 1.61. The van der Waals surface area contributed by atoms with Crippen LogP contribution in [0.5, 0.6) is 0 Å². The van der Waals surface area contributed by atoms with Gasteiger partial charge in [-0.25, -0.2) is 8.78 Å². The molecule has 3 rings (SSSR count). The van der Waals surface area contributed by atoms with Gasteiger partial charge in [-0.3, -0.25) is 9.59 Å². The Morgan fingerprint density at radius 2 is 1.50 bits per heavy atom. The number of rotatable bonds is 4. The van der Waals surface area contributed by atoms with E-state index < -0.39 is 35.1 Å². The molecule has 2 aromatic rings. The van der Waals surface area contributed by atoms with Crippen molar-refractivity contribution >= 4 is 39.1 Å². The lowest BCUT2D eigenvalue weighted by Crippen LogP contribution is -2.21. The highest BCUT2D eigenvalue weighted by atomic mass is 79.9. The van der Waals surface area contributed by atoms with Gasteiger partial charge in [-0.15, -0.1) is 0 Å². The van der Waals surface area contributed by atoms with Gasteiger partial charge in [0.05, 0.1) is 17.5 Å². The monoisotopic (exact) mass is 394 g/mol. The number of nitrogens with one attached hydrogen (secondary N) is 2. The highest BCUT2D eigenvalue weighted by Gasteiger charge is 2.48. The molecule has 1 fully saturated rings. The van der Waals surface area contributed by atoms with Gasteiger partial charge < -0.3 is 10.6 Å². The topological polar surface area (TPSA) is 58.2 Å². The minimum atomic E-state index is -0.849. The fourth-order valence-corrected chi connectivity index (χ4v) is 2.78. The van der Waals surface area contributed by atoms with Gasteiger partial charge in [0.15, 0.2) is 0 Å². The predicted octanol–water partition coefficient (Wildman–Crippen LogP) is 3.94. The minimum absolute atomic E-state index is 0.295. The first kappa shape index (κ1) is 16.6. The van der Waals surface area contributed by atoms with Crippen LogP contribution >= 0.6 is 15.9 Å². The van der Waals surface area contributed by atoms with E-state index >= 15 is 0 Å². The zero-order valence-corrected chi connectivity index (χ0v) is 13.9. The molecule has 2 atom stereocenters. The Hall–Kier alpha value is -2.28. The van der Waals surface area contributed by atoms with Gasteiger partial charge in [0.1, 0.15) is 17.3 Å². The SMILES string of the molecule is O=C(Nc1ccccc1Br)C1CC1C(=O)Nc1c(F)cccc1F. The van der Waals surface area contributed by atoms with Crippen molar-refractivity contribution in [2.75, 3.05) is 10.6 Å². The van der Waals surface area contributed by atoms with Gasteiger partial charge in [-0.05, 0) is 46.6 Å². The molecule has 2 aromatic carbocycles. The number of para-hydroxylation sites is 2. The van der Waals surface area contributed by atoms with E-state index in [1.165, 1.54) is 6.07 Å². The summed E-state index contributed by atoms with van der Waals surface area (Å²) in [4.78, 5) is 24.2. The molecule has 4 nitrogen and oxygen atoms in total. The minimum Gasteiger partial charge on any atom is -0.325 e. The van der Waals surface area contributed by atoms with E-state index in [0.29, 0.717) is 12.1 Å². The molecule has 0 aromatic heterocycles. The first-order valence-electron chi connectivity index (χ1n) is 7.27. The molecule has 1 saturated carbocycles. The molecule has 0 saturated heterocycles. The van der Waals surface area contributed by atoms with Gasteiger partial charge in [-0.2, -0.15) is 0 Å². The van der Waals surface area contributed by atoms with Gasteiger partial charge in [0.2, 0.25) is 11.8 Å². The van der Waals surface area contributed by atoms with Crippen LogP contribution in [0.15, 0.2) is 46.9 Å². The van der Waals surface area contributed by atoms with Gasteiger partial charge >= 0.3 is 0 Å². The number of amides is 2. The molecule has 2 unspecified atom stereocenters. The van der Waals surface area contributed by atoms with Crippen LogP contribution in [0.3, 0.4) is 0 Å². The van der Waals surface area contributed by atoms with E-state index in [9.17, 15) is 18.4 Å². The molecule has 0 heterocycles. The van der Waals surface area contributed by atoms with Crippen molar-refractivity contribution in [3.05, 3.63) is 58.6 Å². The first-order valence-corrected chi connectivity index (χ1v) is 8.07. The molecular weight excluding hydrogens is 382 g/mol. The lowest BCUT2D eigenvalue weighted by Gasteiger charge is -2.08. The van der Waals surface area contributed by atoms with Crippen LogP contribution in [-0.4, -0.2) is 11.8 Å². The van der Waals surface area contributed by atoms with E-state index in [1.54, 1.807) is 18.2 Å². The summed E-state index contributed by atoms with van der Waals surface area (Å²) in [5.41, 5.74) is 0.119. The molecule has 2 N–H and O–H groups in total. The Morgan fingerprint density at radius 1 is 0.917 bits per heavy atom. The zero-order valence-electron chi connectivity index (χ0n) is 12.4. The van der Waals surface area contributed by atoms with E-state index in [1.807, 2.05) is 6.07 Å². The smallest absolute Gasteiger partial charge is 0.228 e.